The van der Waals surface area contributed by atoms with Crippen molar-refractivity contribution in [3.05, 3.63) is 126 Å². The van der Waals surface area contributed by atoms with E-state index in [4.69, 9.17) is 4.42 Å². The zero-order valence-corrected chi connectivity index (χ0v) is 22.3. The lowest BCUT2D eigenvalue weighted by molar-refractivity contribution is 0.299. The average Bonchev–Trinajstić information content (AvgIpc) is 3.32. The highest BCUT2D eigenvalue weighted by molar-refractivity contribution is 6.14. The van der Waals surface area contributed by atoms with Crippen LogP contribution in [0.15, 0.2) is 120 Å². The maximum atomic E-state index is 6.32. The number of hydrogen-bond donors (Lipinski definition) is 0. The molecule has 1 aromatic heterocycles. The van der Waals surface area contributed by atoms with E-state index in [0.717, 1.165) is 28.2 Å². The van der Waals surface area contributed by atoms with Crippen molar-refractivity contribution >= 4 is 39.0 Å². The molecule has 186 valence electrons. The van der Waals surface area contributed by atoms with Crippen molar-refractivity contribution < 1.29 is 4.42 Å². The van der Waals surface area contributed by atoms with Crippen LogP contribution >= 0.6 is 0 Å². The molecule has 0 atom stereocenters. The van der Waals surface area contributed by atoms with Crippen LogP contribution in [0, 0.1) is 0 Å². The summed E-state index contributed by atoms with van der Waals surface area (Å²) in [5.41, 5.74) is 10.5. The van der Waals surface area contributed by atoms with Crippen LogP contribution in [-0.2, 0) is 10.8 Å². The molecule has 2 heteroatoms. The third kappa shape index (κ3) is 3.13. The highest BCUT2D eigenvalue weighted by atomic mass is 16.3. The summed E-state index contributed by atoms with van der Waals surface area (Å²) < 4.78 is 6.32. The van der Waals surface area contributed by atoms with Crippen LogP contribution in [0.5, 0.6) is 0 Å². The molecule has 0 fully saturated rings. The molecule has 0 radical (unpaired) electrons. The zero-order chi connectivity index (χ0) is 26.1. The highest BCUT2D eigenvalue weighted by Gasteiger charge is 2.47. The molecular weight excluding hydrogens is 462 g/mol. The molecule has 1 aliphatic rings. The molecule has 1 heterocycles. The van der Waals surface area contributed by atoms with Gasteiger partial charge in [-0.3, -0.25) is 0 Å². The van der Waals surface area contributed by atoms with Gasteiger partial charge in [-0.05, 0) is 81.6 Å². The van der Waals surface area contributed by atoms with Crippen LogP contribution in [-0.4, -0.2) is 0 Å². The summed E-state index contributed by atoms with van der Waals surface area (Å²) in [5, 5.41) is 2.40. The van der Waals surface area contributed by atoms with Gasteiger partial charge in [-0.25, -0.2) is 0 Å². The van der Waals surface area contributed by atoms with Crippen molar-refractivity contribution in [3.63, 3.8) is 0 Å². The van der Waals surface area contributed by atoms with E-state index < -0.39 is 0 Å². The summed E-state index contributed by atoms with van der Waals surface area (Å²) >= 11 is 0. The number of hydrogen-bond acceptors (Lipinski definition) is 2. The molecule has 0 spiro atoms. The Balaban J connectivity index is 1.53. The molecule has 5 aromatic carbocycles. The van der Waals surface area contributed by atoms with E-state index in [0.29, 0.717) is 0 Å². The molecule has 38 heavy (non-hydrogen) atoms. The van der Waals surface area contributed by atoms with E-state index in [1.165, 1.54) is 33.0 Å². The fourth-order valence-corrected chi connectivity index (χ4v) is 6.30. The first-order chi connectivity index (χ1) is 18.4. The Hall–Kier alpha value is -4.30. The van der Waals surface area contributed by atoms with Crippen LogP contribution in [0.25, 0.3) is 33.1 Å². The van der Waals surface area contributed by atoms with Crippen molar-refractivity contribution in [2.45, 2.75) is 38.5 Å². The first-order valence-corrected chi connectivity index (χ1v) is 13.4. The minimum Gasteiger partial charge on any atom is -0.456 e. The molecule has 0 amide bonds. The Morgan fingerprint density at radius 3 is 1.82 bits per heavy atom. The second-order valence-electron chi connectivity index (χ2n) is 11.4. The summed E-state index contributed by atoms with van der Waals surface area (Å²) in [5.74, 6) is 0. The molecule has 6 aromatic rings. The van der Waals surface area contributed by atoms with Gasteiger partial charge in [0.15, 0.2) is 0 Å². The number of anilines is 3. The normalized spacial score (nSPS) is 15.3. The molecule has 0 saturated carbocycles. The van der Waals surface area contributed by atoms with Gasteiger partial charge in [-0.1, -0.05) is 94.4 Å². The summed E-state index contributed by atoms with van der Waals surface area (Å²) in [6, 6.07) is 41.2. The van der Waals surface area contributed by atoms with E-state index in [-0.39, 0.29) is 10.8 Å². The van der Waals surface area contributed by atoms with Gasteiger partial charge in [0.25, 0.3) is 0 Å². The first-order valence-electron chi connectivity index (χ1n) is 13.4. The Morgan fingerprint density at radius 1 is 0.526 bits per heavy atom. The molecule has 0 aliphatic heterocycles. The lowest BCUT2D eigenvalue weighted by atomic mass is 9.55. The maximum Gasteiger partial charge on any atom is 0.136 e. The Bertz CT molecular complexity index is 1770. The molecule has 0 saturated heterocycles. The minimum atomic E-state index is -0.0996. The number of benzene rings is 5. The lowest BCUT2D eigenvalue weighted by Gasteiger charge is -2.48. The van der Waals surface area contributed by atoms with Crippen LogP contribution < -0.4 is 4.90 Å². The second kappa shape index (κ2) is 8.10. The first kappa shape index (κ1) is 22.9. The quantitative estimate of drug-likeness (QED) is 0.244. The van der Waals surface area contributed by atoms with Crippen molar-refractivity contribution in [2.24, 2.45) is 0 Å². The number of rotatable bonds is 3. The Morgan fingerprint density at radius 2 is 1.13 bits per heavy atom. The lowest BCUT2D eigenvalue weighted by Crippen LogP contribution is -2.43. The molecule has 0 unspecified atom stereocenters. The number of nitrogens with zero attached hydrogens (tertiary/aromatic N) is 1. The van der Waals surface area contributed by atoms with Crippen molar-refractivity contribution in [2.75, 3.05) is 4.90 Å². The van der Waals surface area contributed by atoms with E-state index in [1.807, 2.05) is 6.07 Å². The molecule has 7 rings (SSSR count). The van der Waals surface area contributed by atoms with Gasteiger partial charge in [-0.2, -0.15) is 0 Å². The molecule has 0 bridgehead atoms. The Labute approximate surface area is 224 Å². The summed E-state index contributed by atoms with van der Waals surface area (Å²) in [6.07, 6.45) is 0. The average molecular weight is 494 g/mol. The number of furan rings is 1. The van der Waals surface area contributed by atoms with Crippen LogP contribution in [0.3, 0.4) is 0 Å². The number of fused-ring (bicyclic) bond motifs is 7. The second-order valence-corrected chi connectivity index (χ2v) is 11.4. The van der Waals surface area contributed by atoms with Gasteiger partial charge >= 0.3 is 0 Å². The topological polar surface area (TPSA) is 16.4 Å². The predicted molar refractivity (Wildman–Crippen MR) is 160 cm³/mol. The fourth-order valence-electron chi connectivity index (χ4n) is 6.30. The van der Waals surface area contributed by atoms with Gasteiger partial charge in [0, 0.05) is 27.8 Å². The summed E-state index contributed by atoms with van der Waals surface area (Å²) in [7, 11) is 0. The molecule has 0 N–H and O–H groups in total. The fraction of sp³-hybridized carbons (Fsp3) is 0.167. The van der Waals surface area contributed by atoms with Crippen molar-refractivity contribution in [1.29, 1.82) is 0 Å². The van der Waals surface area contributed by atoms with E-state index >= 15 is 0 Å². The van der Waals surface area contributed by atoms with Gasteiger partial charge in [-0.15, -0.1) is 0 Å². The largest absolute Gasteiger partial charge is 0.456 e. The molecular formula is C36H31NO. The highest BCUT2D eigenvalue weighted by Crippen LogP contribution is 2.57. The van der Waals surface area contributed by atoms with Gasteiger partial charge < -0.3 is 9.32 Å². The smallest absolute Gasteiger partial charge is 0.136 e. The summed E-state index contributed by atoms with van der Waals surface area (Å²) in [4.78, 5) is 2.35. The van der Waals surface area contributed by atoms with Crippen molar-refractivity contribution in [3.8, 4) is 11.1 Å². The van der Waals surface area contributed by atoms with Gasteiger partial charge in [0.1, 0.15) is 11.2 Å². The van der Waals surface area contributed by atoms with Crippen LogP contribution in [0.1, 0.15) is 38.8 Å². The van der Waals surface area contributed by atoms with Gasteiger partial charge in [0.2, 0.25) is 0 Å². The van der Waals surface area contributed by atoms with Crippen LogP contribution in [0.4, 0.5) is 17.1 Å². The van der Waals surface area contributed by atoms with E-state index in [2.05, 4.69) is 142 Å². The standard InChI is InChI=1S/C36H31NO/c1-35(2)29-21-22-32-34(28-17-11-12-18-31(28)38-32)33(29)27-20-19-26(23-30(27)36(35,3)4)37(24-13-7-5-8-14-24)25-15-9-6-10-16-25/h5-23H,1-4H3. The number of para-hydroxylation sites is 3. The third-order valence-electron chi connectivity index (χ3n) is 9.01. The summed E-state index contributed by atoms with van der Waals surface area (Å²) in [6.45, 7) is 9.57. The van der Waals surface area contributed by atoms with Gasteiger partial charge in [0.05, 0.1) is 0 Å². The third-order valence-corrected chi connectivity index (χ3v) is 9.01. The monoisotopic (exact) mass is 493 g/mol. The zero-order valence-electron chi connectivity index (χ0n) is 22.3. The Kier molecular flexibility index (Phi) is 4.87. The maximum absolute atomic E-state index is 6.32. The van der Waals surface area contributed by atoms with E-state index in [9.17, 15) is 0 Å². The SMILES string of the molecule is CC1(C)c2cc(N(c3ccccc3)c3ccccc3)ccc2-c2c(ccc3oc4ccccc4c23)C1(C)C. The van der Waals surface area contributed by atoms with E-state index in [1.54, 1.807) is 0 Å². The van der Waals surface area contributed by atoms with Crippen LogP contribution in [0.2, 0.25) is 0 Å². The molecule has 1 aliphatic carbocycles. The minimum absolute atomic E-state index is 0.0924. The predicted octanol–water partition coefficient (Wildman–Crippen LogP) is 10.3. The van der Waals surface area contributed by atoms with Crippen molar-refractivity contribution in [1.82, 2.24) is 0 Å². The molecule has 2 nitrogen and oxygen atoms in total.